The summed E-state index contributed by atoms with van der Waals surface area (Å²) in [5.74, 6) is 1.51. The van der Waals surface area contributed by atoms with Crippen LogP contribution in [-0.2, 0) is 5.75 Å². The van der Waals surface area contributed by atoms with Crippen molar-refractivity contribution in [3.63, 3.8) is 0 Å². The number of likely N-dealkylation sites (tertiary alicyclic amines) is 1. The molecule has 1 amide bonds. The van der Waals surface area contributed by atoms with Crippen LogP contribution in [0.25, 0.3) is 5.65 Å². The zero-order valence-corrected chi connectivity index (χ0v) is 20.7. The first-order valence-corrected chi connectivity index (χ1v) is 13.0. The van der Waals surface area contributed by atoms with Crippen molar-refractivity contribution in [2.24, 2.45) is 0 Å². The second-order valence-electron chi connectivity index (χ2n) is 8.69. The van der Waals surface area contributed by atoms with Gasteiger partial charge in [-0.25, -0.2) is 4.98 Å². The zero-order valence-electron chi connectivity index (χ0n) is 19.9. The molecule has 2 aromatic heterocycles. The van der Waals surface area contributed by atoms with Crippen molar-refractivity contribution in [2.45, 2.75) is 29.5 Å². The van der Waals surface area contributed by atoms with Gasteiger partial charge >= 0.3 is 0 Å². The standard InChI is InChI=1S/C28H30N4O2S/c1-34-25-12-4-2-10-22(25)24(31-15-8-9-16-31)18-29-28(33)23-11-3-5-13-26(23)35-20-21-19-32-17-7-6-14-27(32)30-21/h2-7,10-14,17,19,24H,8-9,15-16,18,20H2,1H3,(H,29,33). The second kappa shape index (κ2) is 11.0. The Morgan fingerprint density at radius 3 is 2.66 bits per heavy atom. The van der Waals surface area contributed by atoms with Gasteiger partial charge in [0.15, 0.2) is 0 Å². The largest absolute Gasteiger partial charge is 0.496 e. The monoisotopic (exact) mass is 486 g/mol. The van der Waals surface area contributed by atoms with Crippen LogP contribution in [0.2, 0.25) is 0 Å². The number of methoxy groups -OCH3 is 1. The molecule has 2 aromatic carbocycles. The van der Waals surface area contributed by atoms with Crippen LogP contribution in [0.5, 0.6) is 5.75 Å². The van der Waals surface area contributed by atoms with Crippen molar-refractivity contribution >= 4 is 23.3 Å². The van der Waals surface area contributed by atoms with Crippen molar-refractivity contribution < 1.29 is 9.53 Å². The lowest BCUT2D eigenvalue weighted by atomic mass is 10.0. The molecular weight excluding hydrogens is 456 g/mol. The summed E-state index contributed by atoms with van der Waals surface area (Å²) in [6.45, 7) is 2.60. The Morgan fingerprint density at radius 2 is 1.83 bits per heavy atom. The van der Waals surface area contributed by atoms with Crippen molar-refractivity contribution in [1.82, 2.24) is 19.6 Å². The normalized spacial score (nSPS) is 14.8. The minimum absolute atomic E-state index is 0.0535. The molecule has 0 aliphatic carbocycles. The summed E-state index contributed by atoms with van der Waals surface area (Å²) in [7, 11) is 1.70. The molecule has 5 rings (SSSR count). The number of hydrogen-bond acceptors (Lipinski definition) is 5. The highest BCUT2D eigenvalue weighted by molar-refractivity contribution is 7.98. The van der Waals surface area contributed by atoms with E-state index in [1.807, 2.05) is 77.5 Å². The lowest BCUT2D eigenvalue weighted by Gasteiger charge is -2.29. The smallest absolute Gasteiger partial charge is 0.252 e. The number of benzene rings is 2. The molecule has 4 aromatic rings. The predicted octanol–water partition coefficient (Wildman–Crippen LogP) is 5.20. The van der Waals surface area contributed by atoms with E-state index in [4.69, 9.17) is 4.74 Å². The highest BCUT2D eigenvalue weighted by Gasteiger charge is 2.26. The second-order valence-corrected chi connectivity index (χ2v) is 9.71. The molecule has 3 heterocycles. The molecule has 1 aliphatic rings. The van der Waals surface area contributed by atoms with E-state index in [0.29, 0.717) is 17.9 Å². The fourth-order valence-electron chi connectivity index (χ4n) is 4.70. The minimum Gasteiger partial charge on any atom is -0.496 e. The lowest BCUT2D eigenvalue weighted by Crippen LogP contribution is -2.37. The van der Waals surface area contributed by atoms with E-state index in [2.05, 4.69) is 21.3 Å². The summed E-state index contributed by atoms with van der Waals surface area (Å²) >= 11 is 1.64. The fourth-order valence-corrected chi connectivity index (χ4v) is 5.64. The van der Waals surface area contributed by atoms with Crippen LogP contribution in [-0.4, -0.2) is 46.9 Å². The van der Waals surface area contributed by atoms with Crippen LogP contribution < -0.4 is 10.1 Å². The average Bonchev–Trinajstić information content (AvgIpc) is 3.58. The number of imidazole rings is 1. The van der Waals surface area contributed by atoms with Crippen LogP contribution in [0.15, 0.2) is 84.0 Å². The number of hydrogen-bond donors (Lipinski definition) is 1. The molecule has 6 nitrogen and oxygen atoms in total. The molecule has 1 atom stereocenters. The zero-order chi connectivity index (χ0) is 24.0. The van der Waals surface area contributed by atoms with E-state index >= 15 is 0 Å². The number of carbonyl (C=O) groups is 1. The molecular formula is C28H30N4O2S. The van der Waals surface area contributed by atoms with E-state index in [9.17, 15) is 4.79 Å². The summed E-state index contributed by atoms with van der Waals surface area (Å²) in [6, 6.07) is 22.0. The number of carbonyl (C=O) groups excluding carboxylic acids is 1. The van der Waals surface area contributed by atoms with Gasteiger partial charge < -0.3 is 14.5 Å². The molecule has 35 heavy (non-hydrogen) atoms. The molecule has 0 radical (unpaired) electrons. The van der Waals surface area contributed by atoms with Gasteiger partial charge in [0, 0.05) is 35.2 Å². The third-order valence-corrected chi connectivity index (χ3v) is 7.56. The number of ether oxygens (including phenoxy) is 1. The van der Waals surface area contributed by atoms with Crippen LogP contribution in [0, 0.1) is 0 Å². The van der Waals surface area contributed by atoms with Crippen molar-refractivity contribution in [3.8, 4) is 5.75 Å². The molecule has 1 aliphatic heterocycles. The van der Waals surface area contributed by atoms with Gasteiger partial charge in [-0.3, -0.25) is 9.69 Å². The summed E-state index contributed by atoms with van der Waals surface area (Å²) in [4.78, 5) is 21.4. The Morgan fingerprint density at radius 1 is 1.06 bits per heavy atom. The van der Waals surface area contributed by atoms with Gasteiger partial charge in [-0.2, -0.15) is 0 Å². The Bertz CT molecular complexity index is 1270. The molecule has 1 fully saturated rings. The molecule has 0 spiro atoms. The molecule has 1 saturated heterocycles. The number of amides is 1. The van der Waals surface area contributed by atoms with Gasteiger partial charge in [-0.05, 0) is 56.3 Å². The van der Waals surface area contributed by atoms with Gasteiger partial charge in [0.1, 0.15) is 11.4 Å². The number of thioether (sulfide) groups is 1. The number of aromatic nitrogens is 2. The molecule has 180 valence electrons. The first kappa shape index (κ1) is 23.5. The van der Waals surface area contributed by atoms with E-state index in [1.165, 1.54) is 12.8 Å². The maximum Gasteiger partial charge on any atom is 0.252 e. The average molecular weight is 487 g/mol. The van der Waals surface area contributed by atoms with Gasteiger partial charge in [0.25, 0.3) is 5.91 Å². The van der Waals surface area contributed by atoms with Crippen molar-refractivity contribution in [3.05, 3.63) is 95.9 Å². The first-order chi connectivity index (χ1) is 17.2. The highest BCUT2D eigenvalue weighted by Crippen LogP contribution is 2.32. The van der Waals surface area contributed by atoms with Gasteiger partial charge in [-0.1, -0.05) is 36.4 Å². The highest BCUT2D eigenvalue weighted by atomic mass is 32.2. The SMILES string of the molecule is COc1ccccc1C(CNC(=O)c1ccccc1SCc1cn2ccccc2n1)N1CCCC1. The summed E-state index contributed by atoms with van der Waals surface area (Å²) < 4.78 is 7.66. The van der Waals surface area contributed by atoms with Crippen LogP contribution in [0.4, 0.5) is 0 Å². The van der Waals surface area contributed by atoms with Gasteiger partial charge in [0.05, 0.1) is 24.4 Å². The molecule has 1 N–H and O–H groups in total. The van der Waals surface area contributed by atoms with E-state index in [0.717, 1.165) is 40.6 Å². The molecule has 1 unspecified atom stereocenters. The van der Waals surface area contributed by atoms with E-state index in [-0.39, 0.29) is 11.9 Å². The Hall–Kier alpha value is -3.29. The van der Waals surface area contributed by atoms with Crippen LogP contribution in [0.1, 0.15) is 40.5 Å². The number of fused-ring (bicyclic) bond motifs is 1. The Balaban J connectivity index is 1.30. The fraction of sp³-hybridized carbons (Fsp3) is 0.286. The lowest BCUT2D eigenvalue weighted by molar-refractivity contribution is 0.0934. The quantitative estimate of drug-likeness (QED) is 0.330. The molecule has 7 heteroatoms. The molecule has 0 bridgehead atoms. The molecule has 0 saturated carbocycles. The number of nitrogens with one attached hydrogen (secondary N) is 1. The predicted molar refractivity (Wildman–Crippen MR) is 140 cm³/mol. The van der Waals surface area contributed by atoms with Crippen molar-refractivity contribution in [1.29, 1.82) is 0 Å². The topological polar surface area (TPSA) is 58.9 Å². The van der Waals surface area contributed by atoms with Crippen LogP contribution >= 0.6 is 11.8 Å². The third-order valence-electron chi connectivity index (χ3n) is 6.46. The maximum absolute atomic E-state index is 13.3. The summed E-state index contributed by atoms with van der Waals surface area (Å²) in [5.41, 5.74) is 3.73. The number of nitrogens with zero attached hydrogens (tertiary/aromatic N) is 3. The number of pyridine rings is 1. The summed E-state index contributed by atoms with van der Waals surface area (Å²) in [5, 5.41) is 3.22. The number of rotatable bonds is 9. The third kappa shape index (κ3) is 5.36. The number of para-hydroxylation sites is 1. The Labute approximate surface area is 210 Å². The first-order valence-electron chi connectivity index (χ1n) is 12.0. The van der Waals surface area contributed by atoms with Gasteiger partial charge in [0.2, 0.25) is 0 Å². The Kier molecular flexibility index (Phi) is 7.35. The van der Waals surface area contributed by atoms with E-state index in [1.54, 1.807) is 18.9 Å². The summed E-state index contributed by atoms with van der Waals surface area (Å²) in [6.07, 6.45) is 6.40. The maximum atomic E-state index is 13.3. The van der Waals surface area contributed by atoms with Crippen molar-refractivity contribution in [2.75, 3.05) is 26.7 Å². The minimum atomic E-state index is -0.0535. The van der Waals surface area contributed by atoms with E-state index < -0.39 is 0 Å². The van der Waals surface area contributed by atoms with Crippen LogP contribution in [0.3, 0.4) is 0 Å². The van der Waals surface area contributed by atoms with Gasteiger partial charge in [-0.15, -0.1) is 11.8 Å².